The molecule has 15 heavy (non-hydrogen) atoms. The average Bonchev–Trinajstić information content (AvgIpc) is 2.33. The summed E-state index contributed by atoms with van der Waals surface area (Å²) in [6.07, 6.45) is 3.72. The monoisotopic (exact) mass is 206 g/mol. The molecule has 0 aromatic heterocycles. The predicted octanol–water partition coefficient (Wildman–Crippen LogP) is 4.20. The summed E-state index contributed by atoms with van der Waals surface area (Å²) >= 11 is 0. The molecule has 1 rings (SSSR count). The van der Waals surface area contributed by atoms with E-state index in [0.717, 1.165) is 13.2 Å². The molecule has 0 unspecified atom stereocenters. The van der Waals surface area contributed by atoms with Crippen LogP contribution in [0.5, 0.6) is 0 Å². The van der Waals surface area contributed by atoms with Crippen LogP contribution in [0.3, 0.4) is 0 Å². The first-order valence-electron chi connectivity index (χ1n) is 5.55. The maximum atomic E-state index is 5.52. The van der Waals surface area contributed by atoms with E-state index in [1.165, 1.54) is 24.8 Å². The van der Waals surface area contributed by atoms with Gasteiger partial charge >= 0.3 is 0 Å². The number of rotatable bonds is 6. The zero-order valence-corrected chi connectivity index (χ0v) is 9.74. The fraction of sp³-hybridized carbons (Fsp3) is 0.429. The van der Waals surface area contributed by atoms with Gasteiger partial charge in [-0.05, 0) is 12.0 Å². The minimum atomic E-state index is 0.755. The van der Waals surface area contributed by atoms with Crippen molar-refractivity contribution in [3.8, 4) is 0 Å². The van der Waals surface area contributed by atoms with Crippen LogP contribution in [0, 0.1) is 0 Å². The van der Waals surface area contributed by atoms with Crippen LogP contribution in [-0.2, 0) is 11.3 Å². The van der Waals surface area contributed by atoms with Crippen molar-refractivity contribution in [2.45, 2.75) is 32.8 Å². The molecule has 0 atom stereocenters. The smallest absolute Gasteiger partial charge is 0.0716 e. The lowest BCUT2D eigenvalue weighted by atomic mass is 10.2. The molecule has 0 saturated heterocycles. The Hall–Kier alpha value is -1.08. The third-order valence-electron chi connectivity index (χ3n) is 2.00. The Balaban J connectivity index is 0.000000921. The minimum Gasteiger partial charge on any atom is -0.377 e. The van der Waals surface area contributed by atoms with E-state index in [4.69, 9.17) is 4.74 Å². The van der Waals surface area contributed by atoms with E-state index in [9.17, 15) is 0 Å². The molecule has 0 heterocycles. The van der Waals surface area contributed by atoms with Crippen molar-refractivity contribution in [2.24, 2.45) is 0 Å². The van der Waals surface area contributed by atoms with Gasteiger partial charge in [0.25, 0.3) is 0 Å². The second-order valence-corrected chi connectivity index (χ2v) is 3.25. The Morgan fingerprint density at radius 1 is 1.07 bits per heavy atom. The van der Waals surface area contributed by atoms with E-state index in [-0.39, 0.29) is 0 Å². The van der Waals surface area contributed by atoms with Gasteiger partial charge in [0.15, 0.2) is 0 Å². The topological polar surface area (TPSA) is 9.23 Å². The first kappa shape index (κ1) is 13.9. The summed E-state index contributed by atoms with van der Waals surface area (Å²) in [5.41, 5.74) is 1.26. The van der Waals surface area contributed by atoms with Crippen molar-refractivity contribution in [2.75, 3.05) is 6.61 Å². The summed E-state index contributed by atoms with van der Waals surface area (Å²) in [6, 6.07) is 10.3. The SMILES string of the molecule is C=C.CCCCCOCc1ccccc1. The van der Waals surface area contributed by atoms with Gasteiger partial charge in [-0.25, -0.2) is 0 Å². The van der Waals surface area contributed by atoms with Gasteiger partial charge in [0, 0.05) is 6.61 Å². The molecule has 1 aromatic carbocycles. The number of hydrogen-bond acceptors (Lipinski definition) is 1. The molecule has 84 valence electrons. The second kappa shape index (κ2) is 11.0. The van der Waals surface area contributed by atoms with Crippen molar-refractivity contribution in [3.05, 3.63) is 49.1 Å². The van der Waals surface area contributed by atoms with E-state index >= 15 is 0 Å². The molecule has 0 bridgehead atoms. The molecule has 1 heteroatoms. The van der Waals surface area contributed by atoms with Crippen molar-refractivity contribution in [1.29, 1.82) is 0 Å². The summed E-state index contributed by atoms with van der Waals surface area (Å²) in [4.78, 5) is 0. The van der Waals surface area contributed by atoms with Crippen LogP contribution in [0.2, 0.25) is 0 Å². The highest BCUT2D eigenvalue weighted by Crippen LogP contribution is 2.01. The fourth-order valence-corrected chi connectivity index (χ4v) is 1.22. The fourth-order valence-electron chi connectivity index (χ4n) is 1.22. The third-order valence-corrected chi connectivity index (χ3v) is 2.00. The van der Waals surface area contributed by atoms with E-state index < -0.39 is 0 Å². The molecule has 0 radical (unpaired) electrons. The standard InChI is InChI=1S/C12H18O.C2H4/c1-2-3-7-10-13-11-12-8-5-4-6-9-12;1-2/h4-6,8-9H,2-3,7,10-11H2,1H3;1-2H2. The highest BCUT2D eigenvalue weighted by Gasteiger charge is 1.90. The number of unbranched alkanes of at least 4 members (excludes halogenated alkanes) is 2. The summed E-state index contributed by atoms with van der Waals surface area (Å²) in [7, 11) is 0. The van der Waals surface area contributed by atoms with E-state index in [0.29, 0.717) is 0 Å². The molecule has 1 aromatic rings. The molecule has 0 amide bonds. The Bertz CT molecular complexity index is 218. The molecule has 0 aliphatic heterocycles. The van der Waals surface area contributed by atoms with Crippen molar-refractivity contribution in [1.82, 2.24) is 0 Å². The summed E-state index contributed by atoms with van der Waals surface area (Å²) in [5.74, 6) is 0. The van der Waals surface area contributed by atoms with Crippen LogP contribution in [0.25, 0.3) is 0 Å². The Morgan fingerprint density at radius 2 is 1.73 bits per heavy atom. The lowest BCUT2D eigenvalue weighted by Gasteiger charge is -2.02. The first-order valence-corrected chi connectivity index (χ1v) is 5.55. The van der Waals surface area contributed by atoms with E-state index in [2.05, 4.69) is 32.2 Å². The van der Waals surface area contributed by atoms with Gasteiger partial charge in [-0.15, -0.1) is 13.2 Å². The van der Waals surface area contributed by atoms with Gasteiger partial charge in [-0.3, -0.25) is 0 Å². The average molecular weight is 206 g/mol. The van der Waals surface area contributed by atoms with Crippen molar-refractivity contribution >= 4 is 0 Å². The van der Waals surface area contributed by atoms with Crippen LogP contribution in [-0.4, -0.2) is 6.61 Å². The first-order chi connectivity index (χ1) is 7.43. The van der Waals surface area contributed by atoms with Gasteiger partial charge in [-0.1, -0.05) is 50.1 Å². The van der Waals surface area contributed by atoms with Gasteiger partial charge in [0.2, 0.25) is 0 Å². The Morgan fingerprint density at radius 3 is 2.33 bits per heavy atom. The van der Waals surface area contributed by atoms with Crippen LogP contribution in [0.15, 0.2) is 43.5 Å². The lowest BCUT2D eigenvalue weighted by Crippen LogP contribution is -1.94. The number of ether oxygens (including phenoxy) is 1. The maximum absolute atomic E-state index is 5.52. The molecule has 0 fully saturated rings. The summed E-state index contributed by atoms with van der Waals surface area (Å²) in [6.45, 7) is 9.85. The minimum absolute atomic E-state index is 0.755. The van der Waals surface area contributed by atoms with Crippen LogP contribution < -0.4 is 0 Å². The molecule has 0 saturated carbocycles. The normalized spacial score (nSPS) is 9.13. The molecule has 0 spiro atoms. The lowest BCUT2D eigenvalue weighted by molar-refractivity contribution is 0.117. The van der Waals surface area contributed by atoms with Gasteiger partial charge in [-0.2, -0.15) is 0 Å². The highest BCUT2D eigenvalue weighted by atomic mass is 16.5. The van der Waals surface area contributed by atoms with E-state index in [1.54, 1.807) is 0 Å². The molecule has 0 aliphatic carbocycles. The zero-order valence-electron chi connectivity index (χ0n) is 9.74. The Labute approximate surface area is 93.8 Å². The Kier molecular flexibility index (Phi) is 10.2. The van der Waals surface area contributed by atoms with Crippen LogP contribution in [0.1, 0.15) is 31.7 Å². The second-order valence-electron chi connectivity index (χ2n) is 3.25. The number of benzene rings is 1. The van der Waals surface area contributed by atoms with Crippen molar-refractivity contribution in [3.63, 3.8) is 0 Å². The number of hydrogen-bond donors (Lipinski definition) is 0. The molecule has 1 nitrogen and oxygen atoms in total. The van der Waals surface area contributed by atoms with Crippen LogP contribution >= 0.6 is 0 Å². The quantitative estimate of drug-likeness (QED) is 0.501. The molecular formula is C14H22O. The van der Waals surface area contributed by atoms with Gasteiger partial charge in [0.1, 0.15) is 0 Å². The molecular weight excluding hydrogens is 184 g/mol. The summed E-state index contributed by atoms with van der Waals surface area (Å²) < 4.78 is 5.52. The molecule has 0 N–H and O–H groups in total. The van der Waals surface area contributed by atoms with E-state index in [1.807, 2.05) is 18.2 Å². The van der Waals surface area contributed by atoms with Crippen LogP contribution in [0.4, 0.5) is 0 Å². The predicted molar refractivity (Wildman–Crippen MR) is 66.9 cm³/mol. The highest BCUT2D eigenvalue weighted by molar-refractivity contribution is 5.13. The zero-order chi connectivity index (χ0) is 11.4. The maximum Gasteiger partial charge on any atom is 0.0716 e. The third kappa shape index (κ3) is 7.95. The largest absolute Gasteiger partial charge is 0.377 e. The van der Waals surface area contributed by atoms with Gasteiger partial charge in [0.05, 0.1) is 6.61 Å². The van der Waals surface area contributed by atoms with Crippen molar-refractivity contribution < 1.29 is 4.74 Å². The van der Waals surface area contributed by atoms with Gasteiger partial charge < -0.3 is 4.74 Å². The molecule has 0 aliphatic rings. The summed E-state index contributed by atoms with van der Waals surface area (Å²) in [5, 5.41) is 0.